The molecule has 31 heavy (non-hydrogen) atoms. The molecule has 0 unspecified atom stereocenters. The fourth-order valence-electron chi connectivity index (χ4n) is 3.76. The minimum atomic E-state index is -3.80. The smallest absolute Gasteiger partial charge is 0.244 e. The maximum absolute atomic E-state index is 12.8. The second-order valence-corrected chi connectivity index (χ2v) is 9.00. The molecular weight excluding hydrogens is 420 g/mol. The summed E-state index contributed by atoms with van der Waals surface area (Å²) in [6.07, 6.45) is 6.82. The Kier molecular flexibility index (Phi) is 6.23. The number of rotatable bonds is 8. The highest BCUT2D eigenvalue weighted by molar-refractivity contribution is 7.89. The van der Waals surface area contributed by atoms with Gasteiger partial charge in [-0.05, 0) is 31.4 Å². The molecule has 0 aliphatic carbocycles. The second-order valence-electron chi connectivity index (χ2n) is 7.26. The molecule has 0 atom stereocenters. The van der Waals surface area contributed by atoms with Gasteiger partial charge in [0.05, 0.1) is 32.3 Å². The fraction of sp³-hybridized carbons (Fsp3) is 0.450. The van der Waals surface area contributed by atoms with E-state index in [1.807, 2.05) is 0 Å². The monoisotopic (exact) mass is 446 g/mol. The van der Waals surface area contributed by atoms with E-state index in [9.17, 15) is 8.42 Å². The number of anilines is 1. The first-order chi connectivity index (χ1) is 15.0. The van der Waals surface area contributed by atoms with Crippen LogP contribution in [-0.2, 0) is 16.6 Å². The Bertz CT molecular complexity index is 1160. The van der Waals surface area contributed by atoms with Gasteiger partial charge in [0.2, 0.25) is 10.0 Å². The number of nitrogens with one attached hydrogen (secondary N) is 1. The minimum Gasteiger partial charge on any atom is -0.497 e. The summed E-state index contributed by atoms with van der Waals surface area (Å²) in [5, 5.41) is 5.29. The van der Waals surface area contributed by atoms with Crippen LogP contribution in [0, 0.1) is 0 Å². The van der Waals surface area contributed by atoms with Crippen molar-refractivity contribution >= 4 is 26.9 Å². The van der Waals surface area contributed by atoms with Crippen molar-refractivity contribution in [2.24, 2.45) is 0 Å². The summed E-state index contributed by atoms with van der Waals surface area (Å²) in [5.41, 5.74) is 0.689. The summed E-state index contributed by atoms with van der Waals surface area (Å²) in [6.45, 7) is 2.41. The van der Waals surface area contributed by atoms with Gasteiger partial charge in [-0.1, -0.05) is 0 Å². The average Bonchev–Trinajstić information content (AvgIpc) is 3.22. The number of fused-ring (bicyclic) bond motifs is 1. The molecule has 1 N–H and O–H groups in total. The first kappa shape index (κ1) is 21.3. The van der Waals surface area contributed by atoms with Gasteiger partial charge in [0.1, 0.15) is 28.5 Å². The molecule has 1 saturated heterocycles. The molecule has 166 valence electrons. The summed E-state index contributed by atoms with van der Waals surface area (Å²) in [7, 11) is -0.897. The fourth-order valence-corrected chi connectivity index (χ4v) is 4.96. The van der Waals surface area contributed by atoms with E-state index in [0.29, 0.717) is 17.9 Å². The van der Waals surface area contributed by atoms with Crippen LogP contribution in [0.4, 0.5) is 5.82 Å². The topological polar surface area (TPSA) is 111 Å². The summed E-state index contributed by atoms with van der Waals surface area (Å²) < 4.78 is 40.3. The third-order valence-corrected chi connectivity index (χ3v) is 6.83. The van der Waals surface area contributed by atoms with E-state index in [4.69, 9.17) is 9.47 Å². The number of hydrogen-bond donors (Lipinski definition) is 1. The van der Waals surface area contributed by atoms with Crippen molar-refractivity contribution in [2.45, 2.75) is 30.7 Å². The second kappa shape index (κ2) is 9.06. The molecule has 4 rings (SSSR count). The summed E-state index contributed by atoms with van der Waals surface area (Å²) in [6, 6.07) is 4.64. The van der Waals surface area contributed by atoms with Crippen LogP contribution in [0.25, 0.3) is 11.0 Å². The Morgan fingerprint density at radius 3 is 2.65 bits per heavy atom. The van der Waals surface area contributed by atoms with Crippen molar-refractivity contribution in [3.8, 4) is 11.5 Å². The quantitative estimate of drug-likeness (QED) is 0.558. The van der Waals surface area contributed by atoms with Gasteiger partial charge < -0.3 is 14.4 Å². The van der Waals surface area contributed by atoms with Gasteiger partial charge in [-0.25, -0.2) is 27.8 Å². The zero-order valence-electron chi connectivity index (χ0n) is 17.6. The molecule has 0 amide bonds. The van der Waals surface area contributed by atoms with E-state index >= 15 is 0 Å². The highest BCUT2D eigenvalue weighted by atomic mass is 32.2. The highest BCUT2D eigenvalue weighted by Gasteiger charge is 2.21. The first-order valence-electron chi connectivity index (χ1n) is 10.2. The molecule has 3 aromatic rings. The summed E-state index contributed by atoms with van der Waals surface area (Å²) >= 11 is 0. The number of benzene rings is 1. The molecular formula is C20H26N6O4S. The average molecular weight is 447 g/mol. The maximum Gasteiger partial charge on any atom is 0.244 e. The zero-order chi connectivity index (χ0) is 21.8. The SMILES string of the molecule is COc1ccc(OC)c(S(=O)(=O)NCCn2ncc3c(N4CCCCC4)ncnc32)c1. The van der Waals surface area contributed by atoms with Crippen LogP contribution in [0.15, 0.2) is 35.6 Å². The highest BCUT2D eigenvalue weighted by Crippen LogP contribution is 2.28. The third kappa shape index (κ3) is 4.42. The van der Waals surface area contributed by atoms with Crippen LogP contribution in [0.5, 0.6) is 11.5 Å². The summed E-state index contributed by atoms with van der Waals surface area (Å²) in [4.78, 5) is 11.1. The van der Waals surface area contributed by atoms with Crippen molar-refractivity contribution < 1.29 is 17.9 Å². The molecule has 3 heterocycles. The van der Waals surface area contributed by atoms with Gasteiger partial charge in [0, 0.05) is 25.7 Å². The van der Waals surface area contributed by atoms with E-state index in [2.05, 4.69) is 24.7 Å². The predicted molar refractivity (Wildman–Crippen MR) is 116 cm³/mol. The van der Waals surface area contributed by atoms with E-state index < -0.39 is 10.0 Å². The van der Waals surface area contributed by atoms with Crippen LogP contribution >= 0.6 is 0 Å². The van der Waals surface area contributed by atoms with Gasteiger partial charge >= 0.3 is 0 Å². The number of piperidine rings is 1. The Labute approximate surface area is 181 Å². The molecule has 10 nitrogen and oxygen atoms in total. The van der Waals surface area contributed by atoms with E-state index in [1.54, 1.807) is 23.0 Å². The van der Waals surface area contributed by atoms with Gasteiger partial charge in [-0.15, -0.1) is 0 Å². The number of aromatic nitrogens is 4. The molecule has 0 spiro atoms. The molecule has 1 fully saturated rings. The van der Waals surface area contributed by atoms with Crippen LogP contribution in [0.2, 0.25) is 0 Å². The predicted octanol–water partition coefficient (Wildman–Crippen LogP) is 1.81. The Hall–Kier alpha value is -2.92. The molecule has 0 bridgehead atoms. The molecule has 0 radical (unpaired) electrons. The minimum absolute atomic E-state index is 0.0226. The zero-order valence-corrected chi connectivity index (χ0v) is 18.4. The van der Waals surface area contributed by atoms with Crippen molar-refractivity contribution in [1.29, 1.82) is 0 Å². The Morgan fingerprint density at radius 1 is 1.10 bits per heavy atom. The number of sulfonamides is 1. The molecule has 1 aliphatic heterocycles. The molecule has 1 aromatic carbocycles. The van der Waals surface area contributed by atoms with Gasteiger partial charge in [0.25, 0.3) is 0 Å². The number of methoxy groups -OCH3 is 2. The van der Waals surface area contributed by atoms with Crippen molar-refractivity contribution in [3.05, 3.63) is 30.7 Å². The molecule has 2 aromatic heterocycles. The van der Waals surface area contributed by atoms with Gasteiger partial charge in [-0.3, -0.25) is 0 Å². The Balaban J connectivity index is 1.50. The standard InChI is InChI=1S/C20H26N6O4S/c1-29-15-6-7-17(30-2)18(12-15)31(27,28)24-8-11-26-20-16(13-23-26)19(21-14-22-20)25-9-4-3-5-10-25/h6-7,12-14,24H,3-5,8-11H2,1-2H3. The maximum atomic E-state index is 12.8. The lowest BCUT2D eigenvalue weighted by atomic mass is 10.1. The number of nitrogens with zero attached hydrogens (tertiary/aromatic N) is 5. The van der Waals surface area contributed by atoms with E-state index in [-0.39, 0.29) is 17.2 Å². The lowest BCUT2D eigenvalue weighted by Gasteiger charge is -2.27. The van der Waals surface area contributed by atoms with Crippen LogP contribution in [0.1, 0.15) is 19.3 Å². The van der Waals surface area contributed by atoms with Gasteiger partial charge in [0.15, 0.2) is 5.65 Å². The Morgan fingerprint density at radius 2 is 1.90 bits per heavy atom. The number of hydrogen-bond acceptors (Lipinski definition) is 8. The van der Waals surface area contributed by atoms with Crippen LogP contribution in [0.3, 0.4) is 0 Å². The van der Waals surface area contributed by atoms with Crippen molar-refractivity contribution in [1.82, 2.24) is 24.5 Å². The van der Waals surface area contributed by atoms with Crippen molar-refractivity contribution in [3.63, 3.8) is 0 Å². The number of ether oxygens (including phenoxy) is 2. The molecule has 0 saturated carbocycles. The van der Waals surface area contributed by atoms with Crippen LogP contribution < -0.4 is 19.1 Å². The lowest BCUT2D eigenvalue weighted by molar-refractivity contribution is 0.392. The van der Waals surface area contributed by atoms with E-state index in [1.165, 1.54) is 33.0 Å². The largest absolute Gasteiger partial charge is 0.497 e. The lowest BCUT2D eigenvalue weighted by Crippen LogP contribution is -2.30. The molecule has 11 heteroatoms. The van der Waals surface area contributed by atoms with E-state index in [0.717, 1.165) is 37.1 Å². The molecule has 1 aliphatic rings. The van der Waals surface area contributed by atoms with Crippen LogP contribution in [-0.4, -0.2) is 62.0 Å². The van der Waals surface area contributed by atoms with Gasteiger partial charge in [-0.2, -0.15) is 5.10 Å². The first-order valence-corrected chi connectivity index (χ1v) is 11.6. The van der Waals surface area contributed by atoms with Crippen molar-refractivity contribution in [2.75, 3.05) is 38.8 Å². The normalized spacial score (nSPS) is 14.7. The summed E-state index contributed by atoms with van der Waals surface area (Å²) in [5.74, 6) is 1.57. The third-order valence-electron chi connectivity index (χ3n) is 5.34.